The van der Waals surface area contributed by atoms with Crippen molar-refractivity contribution in [3.8, 4) is 11.5 Å². The second kappa shape index (κ2) is 11.8. The lowest BCUT2D eigenvalue weighted by atomic mass is 9.96. The Labute approximate surface area is 200 Å². The van der Waals surface area contributed by atoms with Crippen molar-refractivity contribution in [2.24, 2.45) is 0 Å². The smallest absolute Gasteiger partial charge is 0.313 e. The molecule has 0 saturated heterocycles. The molecular formula is C24H31N3O6S. The second-order valence-corrected chi connectivity index (χ2v) is 9.84. The summed E-state index contributed by atoms with van der Waals surface area (Å²) in [5.41, 5.74) is 1.19. The van der Waals surface area contributed by atoms with E-state index in [0.29, 0.717) is 23.6 Å². The van der Waals surface area contributed by atoms with E-state index in [2.05, 4.69) is 15.4 Å². The predicted octanol–water partition coefficient (Wildman–Crippen LogP) is 2.61. The Bertz CT molecular complexity index is 1100. The Morgan fingerprint density at radius 2 is 1.65 bits per heavy atom. The van der Waals surface area contributed by atoms with E-state index in [0.717, 1.165) is 37.7 Å². The third-order valence-electron chi connectivity index (χ3n) is 5.72. The first-order valence-corrected chi connectivity index (χ1v) is 12.7. The molecule has 0 aromatic heterocycles. The van der Waals surface area contributed by atoms with Crippen LogP contribution in [0, 0.1) is 0 Å². The zero-order valence-corrected chi connectivity index (χ0v) is 20.2. The Morgan fingerprint density at radius 1 is 0.941 bits per heavy atom. The monoisotopic (exact) mass is 489 g/mol. The molecule has 0 spiro atoms. The van der Waals surface area contributed by atoms with Gasteiger partial charge in [-0.1, -0.05) is 31.4 Å². The number of anilines is 1. The van der Waals surface area contributed by atoms with E-state index in [1.165, 1.54) is 14.2 Å². The normalized spacial score (nSPS) is 14.3. The number of benzene rings is 2. The predicted molar refractivity (Wildman–Crippen MR) is 129 cm³/mol. The van der Waals surface area contributed by atoms with Gasteiger partial charge in [0, 0.05) is 18.7 Å². The first kappa shape index (κ1) is 25.5. The van der Waals surface area contributed by atoms with Gasteiger partial charge in [0.2, 0.25) is 10.0 Å². The summed E-state index contributed by atoms with van der Waals surface area (Å²) in [6.07, 6.45) is 5.43. The molecule has 1 aliphatic carbocycles. The van der Waals surface area contributed by atoms with E-state index < -0.39 is 21.8 Å². The van der Waals surface area contributed by atoms with E-state index in [1.807, 2.05) is 0 Å². The van der Waals surface area contributed by atoms with Crippen LogP contribution in [0.25, 0.3) is 0 Å². The zero-order chi connectivity index (χ0) is 24.6. The molecule has 2 aromatic carbocycles. The van der Waals surface area contributed by atoms with Crippen molar-refractivity contribution in [3.05, 3.63) is 48.0 Å². The summed E-state index contributed by atoms with van der Waals surface area (Å²) < 4.78 is 38.3. The standard InChI is InChI=1S/C24H31N3O6S/c1-32-19-10-13-21(22(16-19)33-2)26-24(29)23(28)25-15-14-17-8-11-20(12-9-17)34(30,31)27-18-6-4-3-5-7-18/h8-13,16,18,27H,3-7,14-15H2,1-2H3,(H,25,28)(H,26,29). The second-order valence-electron chi connectivity index (χ2n) is 8.13. The zero-order valence-electron chi connectivity index (χ0n) is 19.4. The van der Waals surface area contributed by atoms with Crippen molar-refractivity contribution in [2.75, 3.05) is 26.1 Å². The fraction of sp³-hybridized carbons (Fsp3) is 0.417. The molecule has 2 aromatic rings. The number of hydrogen-bond donors (Lipinski definition) is 3. The van der Waals surface area contributed by atoms with Gasteiger partial charge in [0.1, 0.15) is 11.5 Å². The van der Waals surface area contributed by atoms with Gasteiger partial charge in [0.05, 0.1) is 24.8 Å². The summed E-state index contributed by atoms with van der Waals surface area (Å²) >= 11 is 0. The number of carbonyl (C=O) groups excluding carboxylic acids is 2. The van der Waals surface area contributed by atoms with Gasteiger partial charge in [-0.05, 0) is 49.1 Å². The Morgan fingerprint density at radius 3 is 2.29 bits per heavy atom. The third kappa shape index (κ3) is 6.94. The Hall–Kier alpha value is -3.11. The molecule has 0 radical (unpaired) electrons. The first-order chi connectivity index (χ1) is 16.3. The lowest BCUT2D eigenvalue weighted by Gasteiger charge is -2.22. The van der Waals surface area contributed by atoms with E-state index in [1.54, 1.807) is 42.5 Å². The SMILES string of the molecule is COc1ccc(NC(=O)C(=O)NCCc2ccc(S(=O)(=O)NC3CCCCC3)cc2)c(OC)c1. The van der Waals surface area contributed by atoms with Crippen molar-refractivity contribution >= 4 is 27.5 Å². The molecule has 3 rings (SSSR count). The molecule has 184 valence electrons. The van der Waals surface area contributed by atoms with Gasteiger partial charge < -0.3 is 20.1 Å². The number of nitrogens with one attached hydrogen (secondary N) is 3. The maximum atomic E-state index is 12.6. The summed E-state index contributed by atoms with van der Waals surface area (Å²) in [4.78, 5) is 24.6. The number of sulfonamides is 1. The molecule has 0 atom stereocenters. The van der Waals surface area contributed by atoms with Crippen LogP contribution in [0.5, 0.6) is 11.5 Å². The minimum absolute atomic E-state index is 0.00216. The quantitative estimate of drug-likeness (QED) is 0.466. The third-order valence-corrected chi connectivity index (χ3v) is 7.26. The van der Waals surface area contributed by atoms with Crippen LogP contribution >= 0.6 is 0 Å². The van der Waals surface area contributed by atoms with Gasteiger partial charge in [-0.15, -0.1) is 0 Å². The Balaban J connectivity index is 1.48. The fourth-order valence-electron chi connectivity index (χ4n) is 3.82. The van der Waals surface area contributed by atoms with Gasteiger partial charge in [-0.2, -0.15) is 0 Å². The average molecular weight is 490 g/mol. The molecule has 1 aliphatic rings. The molecular weight excluding hydrogens is 458 g/mol. The van der Waals surface area contributed by atoms with Crippen LogP contribution in [0.15, 0.2) is 47.4 Å². The van der Waals surface area contributed by atoms with Crippen LogP contribution in [0.2, 0.25) is 0 Å². The molecule has 0 aliphatic heterocycles. The lowest BCUT2D eigenvalue weighted by Crippen LogP contribution is -2.36. The number of methoxy groups -OCH3 is 2. The van der Waals surface area contributed by atoms with Crippen molar-refractivity contribution in [3.63, 3.8) is 0 Å². The molecule has 0 bridgehead atoms. The van der Waals surface area contributed by atoms with Crippen molar-refractivity contribution in [1.29, 1.82) is 0 Å². The van der Waals surface area contributed by atoms with Crippen molar-refractivity contribution in [1.82, 2.24) is 10.0 Å². The molecule has 34 heavy (non-hydrogen) atoms. The van der Waals surface area contributed by atoms with Crippen LogP contribution < -0.4 is 24.8 Å². The molecule has 10 heteroatoms. The minimum Gasteiger partial charge on any atom is -0.497 e. The van der Waals surface area contributed by atoms with E-state index in [-0.39, 0.29) is 17.5 Å². The molecule has 0 unspecified atom stereocenters. The summed E-state index contributed by atoms with van der Waals surface area (Å²) in [6.45, 7) is 0.221. The average Bonchev–Trinajstić information content (AvgIpc) is 2.84. The molecule has 1 saturated carbocycles. The van der Waals surface area contributed by atoms with Gasteiger partial charge in [0.15, 0.2) is 0 Å². The molecule has 0 heterocycles. The molecule has 3 N–H and O–H groups in total. The molecule has 2 amide bonds. The maximum Gasteiger partial charge on any atom is 0.313 e. The highest BCUT2D eigenvalue weighted by molar-refractivity contribution is 7.89. The number of rotatable bonds is 9. The van der Waals surface area contributed by atoms with Crippen molar-refractivity contribution < 1.29 is 27.5 Å². The van der Waals surface area contributed by atoms with Crippen LogP contribution in [0.4, 0.5) is 5.69 Å². The van der Waals surface area contributed by atoms with Crippen molar-refractivity contribution in [2.45, 2.75) is 49.5 Å². The van der Waals surface area contributed by atoms with Crippen LogP contribution in [0.1, 0.15) is 37.7 Å². The molecule has 9 nitrogen and oxygen atoms in total. The number of amides is 2. The maximum absolute atomic E-state index is 12.6. The number of carbonyl (C=O) groups is 2. The highest BCUT2D eigenvalue weighted by Crippen LogP contribution is 2.29. The van der Waals surface area contributed by atoms with E-state index >= 15 is 0 Å². The van der Waals surface area contributed by atoms with Gasteiger partial charge >= 0.3 is 11.8 Å². The largest absolute Gasteiger partial charge is 0.497 e. The van der Waals surface area contributed by atoms with Gasteiger partial charge in [0.25, 0.3) is 0 Å². The summed E-state index contributed by atoms with van der Waals surface area (Å²) in [5.74, 6) is -0.677. The van der Waals surface area contributed by atoms with E-state index in [4.69, 9.17) is 9.47 Å². The summed E-state index contributed by atoms with van der Waals surface area (Å²) in [5, 5.41) is 5.08. The van der Waals surface area contributed by atoms with Gasteiger partial charge in [-0.3, -0.25) is 9.59 Å². The van der Waals surface area contributed by atoms with Crippen LogP contribution in [0.3, 0.4) is 0 Å². The lowest BCUT2D eigenvalue weighted by molar-refractivity contribution is -0.136. The van der Waals surface area contributed by atoms with Gasteiger partial charge in [-0.25, -0.2) is 13.1 Å². The molecule has 1 fully saturated rings. The highest BCUT2D eigenvalue weighted by Gasteiger charge is 2.22. The van der Waals surface area contributed by atoms with E-state index in [9.17, 15) is 18.0 Å². The Kier molecular flexibility index (Phi) is 8.89. The summed E-state index contributed by atoms with van der Waals surface area (Å²) in [6, 6.07) is 11.4. The highest BCUT2D eigenvalue weighted by atomic mass is 32.2. The summed E-state index contributed by atoms with van der Waals surface area (Å²) in [7, 11) is -0.586. The first-order valence-electron chi connectivity index (χ1n) is 11.2. The number of hydrogen-bond acceptors (Lipinski definition) is 6. The van der Waals surface area contributed by atoms with Crippen LogP contribution in [-0.4, -0.2) is 47.0 Å². The number of ether oxygens (including phenoxy) is 2. The topological polar surface area (TPSA) is 123 Å². The van der Waals surface area contributed by atoms with Crippen LogP contribution in [-0.2, 0) is 26.0 Å². The fourth-order valence-corrected chi connectivity index (χ4v) is 5.13. The minimum atomic E-state index is -3.55.